The van der Waals surface area contributed by atoms with Gasteiger partial charge in [-0.25, -0.2) is 9.59 Å². The van der Waals surface area contributed by atoms with Crippen molar-refractivity contribution < 1.29 is 29.3 Å². The maximum atomic E-state index is 12.1. The smallest absolute Gasteiger partial charge is 0.342 e. The van der Waals surface area contributed by atoms with Gasteiger partial charge in [0.1, 0.15) is 29.3 Å². The van der Waals surface area contributed by atoms with E-state index in [0.29, 0.717) is 25.6 Å². The maximum absolute atomic E-state index is 12.1. The van der Waals surface area contributed by atoms with Gasteiger partial charge in [0, 0.05) is 25.2 Å². The Morgan fingerprint density at radius 2 is 1.72 bits per heavy atom. The van der Waals surface area contributed by atoms with Gasteiger partial charge in [-0.05, 0) is 17.7 Å². The summed E-state index contributed by atoms with van der Waals surface area (Å²) in [4.78, 5) is 39.5. The number of nitrogens with zero attached hydrogens (tertiary/aromatic N) is 1. The first kappa shape index (κ1) is 20.4. The molecule has 0 unspecified atom stereocenters. The third-order valence-electron chi connectivity index (χ3n) is 4.60. The molecule has 10 nitrogen and oxygen atoms in total. The van der Waals surface area contributed by atoms with E-state index >= 15 is 0 Å². The molecule has 0 aliphatic carbocycles. The number of aromatic nitrogens is 1. The predicted molar refractivity (Wildman–Crippen MR) is 104 cm³/mol. The van der Waals surface area contributed by atoms with Crippen molar-refractivity contribution in [3.8, 4) is 16.9 Å². The van der Waals surface area contributed by atoms with Crippen LogP contribution in [0.5, 0.6) is 5.75 Å². The Labute approximate surface area is 165 Å². The number of pyridine rings is 1. The van der Waals surface area contributed by atoms with Crippen LogP contribution in [0.4, 0.5) is 5.82 Å². The van der Waals surface area contributed by atoms with Crippen molar-refractivity contribution in [1.82, 2.24) is 9.88 Å². The van der Waals surface area contributed by atoms with Crippen LogP contribution in [0.15, 0.2) is 29.1 Å². The van der Waals surface area contributed by atoms with Gasteiger partial charge in [-0.3, -0.25) is 9.69 Å². The van der Waals surface area contributed by atoms with Crippen molar-refractivity contribution in [3.63, 3.8) is 0 Å². The second-order valence-electron chi connectivity index (χ2n) is 6.43. The highest BCUT2D eigenvalue weighted by Crippen LogP contribution is 2.30. The molecule has 1 aromatic carbocycles. The summed E-state index contributed by atoms with van der Waals surface area (Å²) in [6, 6.07) is 6.17. The van der Waals surface area contributed by atoms with Gasteiger partial charge in [0.2, 0.25) is 0 Å². The third-order valence-corrected chi connectivity index (χ3v) is 4.60. The maximum Gasteiger partial charge on any atom is 0.342 e. The molecule has 0 bridgehead atoms. The van der Waals surface area contributed by atoms with Crippen molar-refractivity contribution in [2.75, 3.05) is 45.2 Å². The number of hydrogen-bond donors (Lipinski definition) is 4. The molecule has 1 fully saturated rings. The van der Waals surface area contributed by atoms with E-state index in [4.69, 9.17) is 15.2 Å². The number of aromatic amines is 1. The van der Waals surface area contributed by atoms with E-state index in [1.54, 1.807) is 12.1 Å². The number of carboxylic acids is 2. The van der Waals surface area contributed by atoms with Crippen molar-refractivity contribution in [1.29, 1.82) is 0 Å². The quantitative estimate of drug-likeness (QED) is 0.523. The van der Waals surface area contributed by atoms with Crippen LogP contribution in [0.2, 0.25) is 0 Å². The zero-order chi connectivity index (χ0) is 21.0. The Bertz CT molecular complexity index is 963. The minimum atomic E-state index is -1.55. The monoisotopic (exact) mass is 403 g/mol. The summed E-state index contributed by atoms with van der Waals surface area (Å²) in [6.07, 6.45) is 0. The number of carboxylic acid groups (broad SMARTS) is 2. The number of ether oxygens (including phenoxy) is 2. The zero-order valence-electron chi connectivity index (χ0n) is 15.5. The minimum Gasteiger partial charge on any atom is -0.492 e. The number of nitrogens with two attached hydrogens (primary N) is 1. The number of benzene rings is 1. The summed E-state index contributed by atoms with van der Waals surface area (Å²) in [6.45, 7) is 4.29. The third kappa shape index (κ3) is 4.55. The van der Waals surface area contributed by atoms with Gasteiger partial charge in [-0.2, -0.15) is 0 Å². The first-order chi connectivity index (χ1) is 13.9. The van der Waals surface area contributed by atoms with E-state index < -0.39 is 34.4 Å². The molecule has 5 N–H and O–H groups in total. The SMILES string of the molecule is Nc1[nH]c(=O)c(C(=O)O)c(-c2ccc(OCCN3CCOCC3)cc2)c1C(=O)O. The molecule has 1 aliphatic rings. The lowest BCUT2D eigenvalue weighted by molar-refractivity contribution is 0.0322. The number of morpholine rings is 1. The molecule has 1 aromatic heterocycles. The van der Waals surface area contributed by atoms with Gasteiger partial charge in [-0.15, -0.1) is 0 Å². The normalized spacial score (nSPS) is 14.5. The van der Waals surface area contributed by atoms with Crippen LogP contribution < -0.4 is 16.0 Å². The van der Waals surface area contributed by atoms with E-state index in [0.717, 1.165) is 19.6 Å². The summed E-state index contributed by atoms with van der Waals surface area (Å²) in [5, 5.41) is 18.9. The Balaban J connectivity index is 1.84. The van der Waals surface area contributed by atoms with Gasteiger partial charge in [0.05, 0.1) is 13.2 Å². The molecule has 154 valence electrons. The summed E-state index contributed by atoms with van der Waals surface area (Å²) < 4.78 is 11.0. The second-order valence-corrected chi connectivity index (χ2v) is 6.43. The van der Waals surface area contributed by atoms with Crippen LogP contribution in [0.25, 0.3) is 11.1 Å². The molecule has 1 aliphatic heterocycles. The first-order valence-electron chi connectivity index (χ1n) is 8.94. The summed E-state index contributed by atoms with van der Waals surface area (Å²) in [7, 11) is 0. The minimum absolute atomic E-state index is 0.234. The summed E-state index contributed by atoms with van der Waals surface area (Å²) >= 11 is 0. The van der Waals surface area contributed by atoms with E-state index in [2.05, 4.69) is 9.88 Å². The number of nitrogens with one attached hydrogen (secondary N) is 1. The Hall–Kier alpha value is -3.37. The average Bonchev–Trinajstić information content (AvgIpc) is 2.68. The highest BCUT2D eigenvalue weighted by molar-refractivity contribution is 6.07. The molecule has 2 aromatic rings. The second kappa shape index (κ2) is 8.76. The number of hydrogen-bond acceptors (Lipinski definition) is 7. The molecule has 1 saturated heterocycles. The molecule has 10 heteroatoms. The lowest BCUT2D eigenvalue weighted by atomic mass is 9.95. The van der Waals surface area contributed by atoms with Crippen LogP contribution in [-0.2, 0) is 4.74 Å². The van der Waals surface area contributed by atoms with Crippen LogP contribution in [0, 0.1) is 0 Å². The van der Waals surface area contributed by atoms with E-state index in [9.17, 15) is 24.6 Å². The molecule has 0 radical (unpaired) electrons. The highest BCUT2D eigenvalue weighted by atomic mass is 16.5. The van der Waals surface area contributed by atoms with Gasteiger partial charge in [-0.1, -0.05) is 12.1 Å². The molecular formula is C19H21N3O7. The summed E-state index contributed by atoms with van der Waals surface area (Å²) in [5.41, 5.74) is 3.49. The lowest BCUT2D eigenvalue weighted by Gasteiger charge is -2.26. The van der Waals surface area contributed by atoms with Crippen LogP contribution in [0.1, 0.15) is 20.7 Å². The lowest BCUT2D eigenvalue weighted by Crippen LogP contribution is -2.38. The van der Waals surface area contributed by atoms with E-state index in [1.807, 2.05) is 0 Å². The average molecular weight is 403 g/mol. The van der Waals surface area contributed by atoms with Gasteiger partial charge in [0.15, 0.2) is 0 Å². The highest BCUT2D eigenvalue weighted by Gasteiger charge is 2.26. The number of rotatable bonds is 7. The fourth-order valence-corrected chi connectivity index (χ4v) is 3.17. The van der Waals surface area contributed by atoms with Crippen LogP contribution in [0.3, 0.4) is 0 Å². The molecule has 2 heterocycles. The molecule has 29 heavy (non-hydrogen) atoms. The molecule has 0 saturated carbocycles. The number of carbonyl (C=O) groups is 2. The standard InChI is InChI=1S/C19H21N3O7/c20-16-14(18(24)25)13(15(19(26)27)17(23)21-16)11-1-3-12(4-2-11)29-10-7-22-5-8-28-9-6-22/h1-4H,5-10H2,(H,24,25)(H,26,27)(H3,20,21,23). The van der Waals surface area contributed by atoms with Gasteiger partial charge in [0.25, 0.3) is 5.56 Å². The van der Waals surface area contributed by atoms with Crippen molar-refractivity contribution in [2.45, 2.75) is 0 Å². The molecule has 3 rings (SSSR count). The van der Waals surface area contributed by atoms with Crippen molar-refractivity contribution in [2.24, 2.45) is 0 Å². The number of nitrogen functional groups attached to an aromatic ring is 1. The van der Waals surface area contributed by atoms with Crippen LogP contribution >= 0.6 is 0 Å². The first-order valence-corrected chi connectivity index (χ1v) is 8.94. The van der Waals surface area contributed by atoms with E-state index in [-0.39, 0.29) is 11.1 Å². The number of aromatic carboxylic acids is 2. The molecule has 0 atom stereocenters. The van der Waals surface area contributed by atoms with Gasteiger partial charge >= 0.3 is 11.9 Å². The number of H-pyrrole nitrogens is 1. The molecular weight excluding hydrogens is 382 g/mol. The van der Waals surface area contributed by atoms with E-state index in [1.165, 1.54) is 12.1 Å². The predicted octanol–water partition coefficient (Wildman–Crippen LogP) is 0.732. The number of anilines is 1. The van der Waals surface area contributed by atoms with Crippen LogP contribution in [-0.4, -0.2) is 71.5 Å². The molecule has 0 amide bonds. The zero-order valence-corrected chi connectivity index (χ0v) is 15.5. The Kier molecular flexibility index (Phi) is 6.15. The fourth-order valence-electron chi connectivity index (χ4n) is 3.17. The summed E-state index contributed by atoms with van der Waals surface area (Å²) in [5.74, 6) is -2.86. The van der Waals surface area contributed by atoms with Crippen molar-refractivity contribution in [3.05, 3.63) is 45.7 Å². The Morgan fingerprint density at radius 3 is 2.31 bits per heavy atom. The fraction of sp³-hybridized carbons (Fsp3) is 0.316. The topological polar surface area (TPSA) is 155 Å². The largest absolute Gasteiger partial charge is 0.492 e. The van der Waals surface area contributed by atoms with Crippen molar-refractivity contribution >= 4 is 17.8 Å². The Morgan fingerprint density at radius 1 is 1.10 bits per heavy atom. The molecule has 0 spiro atoms. The van der Waals surface area contributed by atoms with Gasteiger partial charge < -0.3 is 30.4 Å².